The van der Waals surface area contributed by atoms with Crippen molar-refractivity contribution in [3.63, 3.8) is 0 Å². The standard InChI is InChI=1S/C17H30N2S/c1-13(2)11-18-12-15-7-8-17(15)19(4)14(3)10-16-6-5-9-20-16/h5-6,9,13-15,17-18H,7-8,10-12H2,1-4H3. The molecule has 0 aromatic carbocycles. The van der Waals surface area contributed by atoms with Crippen LogP contribution in [0.1, 0.15) is 38.5 Å². The van der Waals surface area contributed by atoms with Gasteiger partial charge in [0.25, 0.3) is 0 Å². The normalized spacial score (nSPS) is 24.1. The lowest BCUT2D eigenvalue weighted by Gasteiger charge is -2.45. The molecule has 20 heavy (non-hydrogen) atoms. The third-order valence-electron chi connectivity index (χ3n) is 4.63. The molecule has 3 unspecified atom stereocenters. The van der Waals surface area contributed by atoms with Gasteiger partial charge in [0.05, 0.1) is 0 Å². The Balaban J connectivity index is 1.75. The molecule has 1 aromatic rings. The van der Waals surface area contributed by atoms with E-state index in [1.54, 1.807) is 0 Å². The maximum Gasteiger partial charge on any atom is 0.0136 e. The van der Waals surface area contributed by atoms with Gasteiger partial charge in [-0.25, -0.2) is 0 Å². The molecule has 1 aliphatic rings. The van der Waals surface area contributed by atoms with Gasteiger partial charge in [-0.2, -0.15) is 0 Å². The van der Waals surface area contributed by atoms with Crippen molar-refractivity contribution in [3.8, 4) is 0 Å². The fourth-order valence-electron chi connectivity index (χ4n) is 3.07. The van der Waals surface area contributed by atoms with Crippen LogP contribution in [-0.2, 0) is 6.42 Å². The molecule has 0 bridgehead atoms. The van der Waals surface area contributed by atoms with Crippen LogP contribution in [0.2, 0.25) is 0 Å². The van der Waals surface area contributed by atoms with Crippen molar-refractivity contribution >= 4 is 11.3 Å². The highest BCUT2D eigenvalue weighted by Gasteiger charge is 2.35. The van der Waals surface area contributed by atoms with E-state index in [9.17, 15) is 0 Å². The number of rotatable bonds is 8. The first-order chi connectivity index (χ1) is 9.58. The molecule has 1 fully saturated rings. The Bertz CT molecular complexity index is 374. The summed E-state index contributed by atoms with van der Waals surface area (Å²) >= 11 is 1.88. The van der Waals surface area contributed by atoms with E-state index < -0.39 is 0 Å². The van der Waals surface area contributed by atoms with Crippen molar-refractivity contribution in [2.45, 2.75) is 52.1 Å². The second kappa shape index (κ2) is 7.58. The third kappa shape index (κ3) is 4.31. The Labute approximate surface area is 128 Å². The molecule has 0 spiro atoms. The van der Waals surface area contributed by atoms with Gasteiger partial charge in [-0.3, -0.25) is 0 Å². The topological polar surface area (TPSA) is 15.3 Å². The van der Waals surface area contributed by atoms with Crippen molar-refractivity contribution < 1.29 is 0 Å². The van der Waals surface area contributed by atoms with Crippen molar-refractivity contribution in [2.24, 2.45) is 11.8 Å². The summed E-state index contributed by atoms with van der Waals surface area (Å²) in [5.41, 5.74) is 0. The molecule has 2 rings (SSSR count). The lowest BCUT2D eigenvalue weighted by atomic mass is 9.78. The summed E-state index contributed by atoms with van der Waals surface area (Å²) in [6.45, 7) is 9.27. The van der Waals surface area contributed by atoms with Gasteiger partial charge in [0.1, 0.15) is 0 Å². The third-order valence-corrected chi connectivity index (χ3v) is 5.53. The van der Waals surface area contributed by atoms with Crippen molar-refractivity contribution in [2.75, 3.05) is 20.1 Å². The highest BCUT2D eigenvalue weighted by molar-refractivity contribution is 7.09. The minimum atomic E-state index is 0.645. The van der Waals surface area contributed by atoms with Crippen molar-refractivity contribution in [3.05, 3.63) is 22.4 Å². The zero-order valence-corrected chi connectivity index (χ0v) is 14.2. The summed E-state index contributed by atoms with van der Waals surface area (Å²) in [7, 11) is 2.32. The van der Waals surface area contributed by atoms with Gasteiger partial charge >= 0.3 is 0 Å². The molecular formula is C17H30N2S. The maximum absolute atomic E-state index is 3.63. The number of nitrogens with zero attached hydrogens (tertiary/aromatic N) is 1. The molecule has 3 heteroatoms. The van der Waals surface area contributed by atoms with E-state index in [4.69, 9.17) is 0 Å². The first-order valence-corrected chi connectivity index (χ1v) is 8.91. The largest absolute Gasteiger partial charge is 0.316 e. The highest BCUT2D eigenvalue weighted by Crippen LogP contribution is 2.32. The van der Waals surface area contributed by atoms with Gasteiger partial charge in [0, 0.05) is 17.0 Å². The highest BCUT2D eigenvalue weighted by atomic mass is 32.1. The average molecular weight is 295 g/mol. The molecule has 114 valence electrons. The zero-order chi connectivity index (χ0) is 14.5. The van der Waals surface area contributed by atoms with Gasteiger partial charge in [-0.05, 0) is 69.6 Å². The van der Waals surface area contributed by atoms with Crippen molar-refractivity contribution in [1.82, 2.24) is 10.2 Å². The number of likely N-dealkylation sites (N-methyl/N-ethyl adjacent to an activating group) is 1. The molecule has 0 aliphatic heterocycles. The summed E-state index contributed by atoms with van der Waals surface area (Å²) in [5, 5.41) is 5.82. The summed E-state index contributed by atoms with van der Waals surface area (Å²) < 4.78 is 0. The Kier molecular flexibility index (Phi) is 6.06. The molecule has 3 atom stereocenters. The lowest BCUT2D eigenvalue weighted by molar-refractivity contribution is 0.0552. The van der Waals surface area contributed by atoms with Gasteiger partial charge in [0.2, 0.25) is 0 Å². The van der Waals surface area contributed by atoms with E-state index in [-0.39, 0.29) is 0 Å². The second-order valence-corrected chi connectivity index (χ2v) is 7.79. The molecule has 1 heterocycles. The quantitative estimate of drug-likeness (QED) is 0.787. The fraction of sp³-hybridized carbons (Fsp3) is 0.765. The van der Waals surface area contributed by atoms with Crippen LogP contribution in [0.15, 0.2) is 17.5 Å². The summed E-state index contributed by atoms with van der Waals surface area (Å²) in [5.74, 6) is 1.61. The zero-order valence-electron chi connectivity index (χ0n) is 13.4. The molecule has 0 amide bonds. The first-order valence-electron chi connectivity index (χ1n) is 8.03. The monoisotopic (exact) mass is 294 g/mol. The van der Waals surface area contributed by atoms with Crippen LogP contribution in [0.5, 0.6) is 0 Å². The summed E-state index contributed by atoms with van der Waals surface area (Å²) in [6.07, 6.45) is 3.96. The Morgan fingerprint density at radius 2 is 2.15 bits per heavy atom. The first kappa shape index (κ1) is 16.0. The predicted molar refractivity (Wildman–Crippen MR) is 89.5 cm³/mol. The van der Waals surface area contributed by atoms with E-state index in [1.807, 2.05) is 11.3 Å². The van der Waals surface area contributed by atoms with E-state index >= 15 is 0 Å². The van der Waals surface area contributed by atoms with Gasteiger partial charge in [0.15, 0.2) is 0 Å². The molecule has 1 saturated carbocycles. The number of hydrogen-bond acceptors (Lipinski definition) is 3. The van der Waals surface area contributed by atoms with Crippen LogP contribution in [0.4, 0.5) is 0 Å². The van der Waals surface area contributed by atoms with Crippen LogP contribution < -0.4 is 5.32 Å². The van der Waals surface area contributed by atoms with Crippen molar-refractivity contribution in [1.29, 1.82) is 0 Å². The Morgan fingerprint density at radius 1 is 1.35 bits per heavy atom. The second-order valence-electron chi connectivity index (χ2n) is 6.75. The predicted octanol–water partition coefficient (Wildman–Crippen LogP) is 3.64. The minimum absolute atomic E-state index is 0.645. The van der Waals surface area contributed by atoms with Gasteiger partial charge < -0.3 is 10.2 Å². The van der Waals surface area contributed by atoms with E-state index in [2.05, 4.69) is 55.5 Å². The van der Waals surface area contributed by atoms with Gasteiger partial charge in [-0.1, -0.05) is 19.9 Å². The van der Waals surface area contributed by atoms with Crippen LogP contribution in [-0.4, -0.2) is 37.1 Å². The fourth-order valence-corrected chi connectivity index (χ4v) is 3.90. The van der Waals surface area contributed by atoms with Crippen LogP contribution in [0, 0.1) is 11.8 Å². The molecule has 0 saturated heterocycles. The minimum Gasteiger partial charge on any atom is -0.316 e. The van der Waals surface area contributed by atoms with Crippen LogP contribution >= 0.6 is 11.3 Å². The number of nitrogens with one attached hydrogen (secondary N) is 1. The van der Waals surface area contributed by atoms with Gasteiger partial charge in [-0.15, -0.1) is 11.3 Å². The summed E-state index contributed by atoms with van der Waals surface area (Å²) in [6, 6.07) is 5.85. The maximum atomic E-state index is 3.63. The molecule has 2 nitrogen and oxygen atoms in total. The van der Waals surface area contributed by atoms with E-state index in [0.29, 0.717) is 6.04 Å². The Hall–Kier alpha value is -0.380. The molecule has 1 aliphatic carbocycles. The lowest BCUT2D eigenvalue weighted by Crippen LogP contribution is -2.52. The van der Waals surface area contributed by atoms with Crippen LogP contribution in [0.25, 0.3) is 0 Å². The average Bonchev–Trinajstić information content (AvgIpc) is 2.85. The van der Waals surface area contributed by atoms with E-state index in [0.717, 1.165) is 24.4 Å². The smallest absolute Gasteiger partial charge is 0.0136 e. The summed E-state index contributed by atoms with van der Waals surface area (Å²) in [4.78, 5) is 4.13. The number of thiophene rings is 1. The molecular weight excluding hydrogens is 264 g/mol. The Morgan fingerprint density at radius 3 is 2.70 bits per heavy atom. The molecule has 0 radical (unpaired) electrons. The van der Waals surface area contributed by atoms with Crippen LogP contribution in [0.3, 0.4) is 0 Å². The molecule has 1 N–H and O–H groups in total. The van der Waals surface area contributed by atoms with E-state index in [1.165, 1.54) is 30.7 Å². The SMILES string of the molecule is CC(C)CNCC1CCC1N(C)C(C)Cc1cccs1. The molecule has 1 aromatic heterocycles. The number of hydrogen-bond donors (Lipinski definition) is 1.